The van der Waals surface area contributed by atoms with Gasteiger partial charge < -0.3 is 25.5 Å². The number of rotatable bonds is 0. The largest absolute Gasteiger partial charge is 0.507 e. The Labute approximate surface area is 198 Å². The van der Waals surface area contributed by atoms with Crippen molar-refractivity contribution in [3.05, 3.63) is 101 Å². The van der Waals surface area contributed by atoms with E-state index in [9.17, 15) is 35.1 Å². The van der Waals surface area contributed by atoms with Crippen molar-refractivity contribution in [3.8, 4) is 28.7 Å². The number of hydrogen-bond acceptors (Lipinski definition) is 7. The summed E-state index contributed by atoms with van der Waals surface area (Å²) in [6.45, 7) is 0. The van der Waals surface area contributed by atoms with Crippen molar-refractivity contribution in [1.29, 1.82) is 0 Å². The van der Waals surface area contributed by atoms with Gasteiger partial charge in [-0.3, -0.25) is 9.59 Å². The number of fused-ring (bicyclic) bond motifs is 4. The number of phenolic OH excluding ortho intramolecular Hbond substituents is 5. The van der Waals surface area contributed by atoms with Crippen molar-refractivity contribution >= 4 is 33.1 Å². The van der Waals surface area contributed by atoms with Gasteiger partial charge in [0.2, 0.25) is 0 Å². The maximum Gasteiger partial charge on any atom is 0.198 e. The third kappa shape index (κ3) is 3.38. The maximum atomic E-state index is 12.2. The average molecular weight is 466 g/mol. The highest BCUT2D eigenvalue weighted by molar-refractivity contribution is 6.29. The monoisotopic (exact) mass is 466 g/mol. The van der Waals surface area contributed by atoms with Gasteiger partial charge in [0.15, 0.2) is 34.6 Å². The van der Waals surface area contributed by atoms with Crippen LogP contribution in [0.2, 0.25) is 0 Å². The first-order valence-corrected chi connectivity index (χ1v) is 10.6. The summed E-state index contributed by atoms with van der Waals surface area (Å²) in [5.41, 5.74) is 0.559. The van der Waals surface area contributed by atoms with E-state index in [0.29, 0.717) is 16.3 Å². The quantitative estimate of drug-likeness (QED) is 0.157. The van der Waals surface area contributed by atoms with Gasteiger partial charge in [-0.2, -0.15) is 0 Å². The minimum Gasteiger partial charge on any atom is -0.507 e. The number of carbonyl (C=O) groups excluding carboxylic acids is 2. The molecule has 6 rings (SSSR count). The fraction of sp³-hybridized carbons (Fsp3) is 0. The maximum absolute atomic E-state index is 12.2. The van der Waals surface area contributed by atoms with Crippen LogP contribution >= 0.6 is 0 Å². The van der Waals surface area contributed by atoms with E-state index in [1.165, 1.54) is 24.3 Å². The molecule has 0 spiro atoms. The molecular formula is C28H18O7. The van der Waals surface area contributed by atoms with E-state index in [4.69, 9.17) is 0 Å². The first-order chi connectivity index (χ1) is 16.8. The average Bonchev–Trinajstić information content (AvgIpc) is 2.87. The second-order valence-electron chi connectivity index (χ2n) is 8.03. The lowest BCUT2D eigenvalue weighted by Gasteiger charge is -2.18. The molecule has 5 aromatic rings. The zero-order valence-corrected chi connectivity index (χ0v) is 18.1. The van der Waals surface area contributed by atoms with Crippen LogP contribution in [0.5, 0.6) is 28.7 Å². The van der Waals surface area contributed by atoms with E-state index >= 15 is 0 Å². The third-order valence-electron chi connectivity index (χ3n) is 6.01. The van der Waals surface area contributed by atoms with Crippen LogP contribution in [0.25, 0.3) is 21.5 Å². The molecule has 0 heterocycles. The molecule has 0 fully saturated rings. The summed E-state index contributed by atoms with van der Waals surface area (Å²) in [6.07, 6.45) is 0. The minimum absolute atomic E-state index is 0.119. The summed E-state index contributed by atoms with van der Waals surface area (Å²) >= 11 is 0. The number of ketones is 2. The van der Waals surface area contributed by atoms with Crippen LogP contribution in [0.3, 0.4) is 0 Å². The summed E-state index contributed by atoms with van der Waals surface area (Å²) in [5.74, 6) is -2.00. The number of carbonyl (C=O) groups is 2. The van der Waals surface area contributed by atoms with Crippen LogP contribution in [0.1, 0.15) is 31.8 Å². The molecule has 0 aliphatic heterocycles. The third-order valence-corrected chi connectivity index (χ3v) is 6.01. The standard InChI is InChI=1S/C14H8O4.C14H10O3/c15-10-6-5-9-11(14(10)18)13(17)8-4-2-1-3-7(8)12(9)16;15-12-6-5-10-11(14(12)17)7-8-3-1-2-4-9(8)13(10)16/h1-6,15,18H;1-7,15-17H. The van der Waals surface area contributed by atoms with Crippen LogP contribution in [0.4, 0.5) is 0 Å². The normalized spacial score (nSPS) is 12.1. The van der Waals surface area contributed by atoms with Gasteiger partial charge in [0.25, 0.3) is 0 Å². The Morgan fingerprint density at radius 1 is 0.457 bits per heavy atom. The highest BCUT2D eigenvalue weighted by Crippen LogP contribution is 2.41. The number of phenols is 5. The van der Waals surface area contributed by atoms with Gasteiger partial charge in [-0.1, -0.05) is 48.5 Å². The van der Waals surface area contributed by atoms with Gasteiger partial charge in [-0.05, 0) is 35.7 Å². The molecule has 172 valence electrons. The first kappa shape index (κ1) is 21.8. The molecule has 5 aromatic carbocycles. The molecule has 0 radical (unpaired) electrons. The minimum atomic E-state index is -0.541. The number of benzene rings is 5. The molecule has 5 N–H and O–H groups in total. The van der Waals surface area contributed by atoms with Gasteiger partial charge in [0.1, 0.15) is 5.75 Å². The lowest BCUT2D eigenvalue weighted by Crippen LogP contribution is -2.20. The van der Waals surface area contributed by atoms with E-state index in [1.807, 2.05) is 24.3 Å². The molecule has 1 aliphatic rings. The molecule has 35 heavy (non-hydrogen) atoms. The Bertz CT molecular complexity index is 1690. The van der Waals surface area contributed by atoms with Gasteiger partial charge in [0, 0.05) is 32.8 Å². The summed E-state index contributed by atoms with van der Waals surface area (Å²) in [4.78, 5) is 24.4. The fourth-order valence-electron chi connectivity index (χ4n) is 4.25. The summed E-state index contributed by atoms with van der Waals surface area (Å²) < 4.78 is 0. The number of aromatic hydroxyl groups is 5. The topological polar surface area (TPSA) is 135 Å². The Morgan fingerprint density at radius 3 is 1.80 bits per heavy atom. The molecule has 7 heteroatoms. The summed E-state index contributed by atoms with van der Waals surface area (Å²) in [6, 6.07) is 21.0. The molecular weight excluding hydrogens is 448 g/mol. The van der Waals surface area contributed by atoms with Crippen molar-refractivity contribution in [2.24, 2.45) is 0 Å². The van der Waals surface area contributed by atoms with Crippen molar-refractivity contribution in [3.63, 3.8) is 0 Å². The second-order valence-corrected chi connectivity index (χ2v) is 8.03. The van der Waals surface area contributed by atoms with Crippen LogP contribution in [-0.4, -0.2) is 37.1 Å². The molecule has 0 aromatic heterocycles. The molecule has 1 aliphatic carbocycles. The molecule has 0 saturated carbocycles. The summed E-state index contributed by atoms with van der Waals surface area (Å²) in [7, 11) is 0. The Kier molecular flexibility index (Phi) is 5.02. The Hall–Kier alpha value is -5.04. The molecule has 7 nitrogen and oxygen atoms in total. The zero-order chi connectivity index (χ0) is 24.9. The summed E-state index contributed by atoms with van der Waals surface area (Å²) in [5, 5.41) is 51.0. The van der Waals surface area contributed by atoms with Crippen LogP contribution in [-0.2, 0) is 0 Å². The zero-order valence-electron chi connectivity index (χ0n) is 18.1. The molecule has 0 amide bonds. The SMILES string of the molecule is O=C1c2ccccc2C(=O)c2c1ccc(O)c2O.Oc1ccc2c(O)c3ccccc3cc2c1O. The fourth-order valence-corrected chi connectivity index (χ4v) is 4.25. The molecule has 0 unspecified atom stereocenters. The second kappa shape index (κ2) is 8.07. The van der Waals surface area contributed by atoms with E-state index in [-0.39, 0.29) is 39.7 Å². The van der Waals surface area contributed by atoms with Crippen LogP contribution in [0, 0.1) is 0 Å². The highest BCUT2D eigenvalue weighted by atomic mass is 16.3. The lowest BCUT2D eigenvalue weighted by molar-refractivity contribution is 0.0976. The van der Waals surface area contributed by atoms with E-state index < -0.39 is 17.3 Å². The predicted octanol–water partition coefficient (Wildman–Crippen LogP) is 4.98. The first-order valence-electron chi connectivity index (χ1n) is 10.6. The van der Waals surface area contributed by atoms with Gasteiger partial charge >= 0.3 is 0 Å². The molecule has 0 saturated heterocycles. The van der Waals surface area contributed by atoms with Crippen LogP contribution < -0.4 is 0 Å². The highest BCUT2D eigenvalue weighted by Gasteiger charge is 2.32. The van der Waals surface area contributed by atoms with Gasteiger partial charge in [-0.15, -0.1) is 0 Å². The van der Waals surface area contributed by atoms with Gasteiger partial charge in [0.05, 0.1) is 5.56 Å². The van der Waals surface area contributed by atoms with Crippen molar-refractivity contribution in [1.82, 2.24) is 0 Å². The van der Waals surface area contributed by atoms with Crippen molar-refractivity contribution < 1.29 is 35.1 Å². The van der Waals surface area contributed by atoms with Crippen molar-refractivity contribution in [2.45, 2.75) is 0 Å². The van der Waals surface area contributed by atoms with Crippen molar-refractivity contribution in [2.75, 3.05) is 0 Å². The lowest BCUT2D eigenvalue weighted by atomic mass is 9.83. The smallest absolute Gasteiger partial charge is 0.198 e. The van der Waals surface area contributed by atoms with Gasteiger partial charge in [-0.25, -0.2) is 0 Å². The molecule has 0 bridgehead atoms. The van der Waals surface area contributed by atoms with E-state index in [0.717, 1.165) is 10.8 Å². The number of hydrogen-bond donors (Lipinski definition) is 5. The molecule has 0 atom stereocenters. The van der Waals surface area contributed by atoms with E-state index in [2.05, 4.69) is 0 Å². The Balaban J connectivity index is 0.000000145. The van der Waals surface area contributed by atoms with E-state index in [1.54, 1.807) is 30.3 Å². The van der Waals surface area contributed by atoms with Crippen LogP contribution in [0.15, 0.2) is 78.9 Å². The predicted molar refractivity (Wildman–Crippen MR) is 130 cm³/mol. The Morgan fingerprint density at radius 2 is 1.06 bits per heavy atom.